The first-order chi connectivity index (χ1) is 12.4. The number of hydrogen-bond donors (Lipinski definition) is 0. The molecule has 1 atom stereocenters. The summed E-state index contributed by atoms with van der Waals surface area (Å²) in [6, 6.07) is 5.61. The molecule has 1 aliphatic rings. The molecule has 0 unspecified atom stereocenters. The average molecular weight is 363 g/mol. The molecule has 140 valence electrons. The van der Waals surface area contributed by atoms with Crippen LogP contribution in [-0.2, 0) is 17.9 Å². The van der Waals surface area contributed by atoms with Gasteiger partial charge in [-0.15, -0.1) is 0 Å². The lowest BCUT2D eigenvalue weighted by Gasteiger charge is -2.26. The fourth-order valence-corrected chi connectivity index (χ4v) is 3.35. The summed E-state index contributed by atoms with van der Waals surface area (Å²) in [5, 5.41) is 3.89. The molecule has 2 heterocycles. The molecule has 1 fully saturated rings. The summed E-state index contributed by atoms with van der Waals surface area (Å²) in [5.74, 6) is -0.430. The van der Waals surface area contributed by atoms with E-state index in [1.54, 1.807) is 4.90 Å². The first-order valence-electron chi connectivity index (χ1n) is 8.76. The van der Waals surface area contributed by atoms with Gasteiger partial charge in [-0.1, -0.05) is 11.2 Å². The van der Waals surface area contributed by atoms with Crippen LogP contribution in [0.3, 0.4) is 0 Å². The number of carbonyl (C=O) groups is 1. The van der Waals surface area contributed by atoms with E-state index in [9.17, 15) is 13.6 Å². The number of amides is 1. The Morgan fingerprint density at radius 1 is 1.31 bits per heavy atom. The van der Waals surface area contributed by atoms with Crippen molar-refractivity contribution in [3.05, 3.63) is 52.9 Å². The van der Waals surface area contributed by atoms with Crippen molar-refractivity contribution in [2.75, 3.05) is 13.6 Å². The van der Waals surface area contributed by atoms with Gasteiger partial charge < -0.3 is 9.42 Å². The summed E-state index contributed by atoms with van der Waals surface area (Å²) in [6.45, 7) is 3.22. The van der Waals surface area contributed by atoms with E-state index in [0.29, 0.717) is 25.1 Å². The van der Waals surface area contributed by atoms with Gasteiger partial charge in [-0.25, -0.2) is 8.78 Å². The number of aromatic nitrogens is 1. The minimum Gasteiger partial charge on any atom is -0.360 e. The molecule has 7 heteroatoms. The minimum absolute atomic E-state index is 0.000125. The molecular formula is C19H23F2N3O2. The van der Waals surface area contributed by atoms with Crippen molar-refractivity contribution in [2.24, 2.45) is 0 Å². The molecule has 1 aromatic carbocycles. The number of rotatable bonds is 5. The van der Waals surface area contributed by atoms with Crippen molar-refractivity contribution in [2.45, 2.75) is 45.3 Å². The zero-order valence-electron chi connectivity index (χ0n) is 15.0. The second-order valence-electron chi connectivity index (χ2n) is 6.88. The van der Waals surface area contributed by atoms with E-state index in [-0.39, 0.29) is 18.5 Å². The monoisotopic (exact) mass is 363 g/mol. The van der Waals surface area contributed by atoms with Crippen LogP contribution in [-0.4, -0.2) is 40.5 Å². The third-order valence-corrected chi connectivity index (χ3v) is 4.86. The van der Waals surface area contributed by atoms with Crippen molar-refractivity contribution in [3.63, 3.8) is 0 Å². The smallest absolute Gasteiger partial charge is 0.222 e. The molecule has 1 aliphatic heterocycles. The molecule has 2 aromatic rings. The first-order valence-corrected chi connectivity index (χ1v) is 8.76. The molecule has 26 heavy (non-hydrogen) atoms. The predicted octanol–water partition coefficient (Wildman–Crippen LogP) is 3.27. The topological polar surface area (TPSA) is 49.6 Å². The SMILES string of the molecule is Cc1cc(CN(C)[C@H]2CCC(=O)N(Cc3ccc(F)cc3F)CC2)on1. The van der Waals surface area contributed by atoms with Crippen LogP contribution in [0, 0.1) is 18.6 Å². The van der Waals surface area contributed by atoms with Gasteiger partial charge in [0.05, 0.1) is 12.2 Å². The molecule has 1 amide bonds. The van der Waals surface area contributed by atoms with E-state index in [4.69, 9.17) is 4.52 Å². The van der Waals surface area contributed by atoms with Gasteiger partial charge in [0.2, 0.25) is 5.91 Å². The van der Waals surface area contributed by atoms with Crippen LogP contribution >= 0.6 is 0 Å². The highest BCUT2D eigenvalue weighted by Gasteiger charge is 2.26. The first kappa shape index (κ1) is 18.5. The van der Waals surface area contributed by atoms with Gasteiger partial charge in [-0.2, -0.15) is 0 Å². The number of likely N-dealkylation sites (tertiary alicyclic amines) is 1. The lowest BCUT2D eigenvalue weighted by molar-refractivity contribution is -0.131. The normalized spacial score (nSPS) is 18.4. The Labute approximate surface area is 151 Å². The van der Waals surface area contributed by atoms with Crippen LogP contribution in [0.15, 0.2) is 28.8 Å². The van der Waals surface area contributed by atoms with E-state index in [0.717, 1.165) is 30.4 Å². The zero-order valence-corrected chi connectivity index (χ0v) is 15.0. The Morgan fingerprint density at radius 2 is 2.12 bits per heavy atom. The summed E-state index contributed by atoms with van der Waals surface area (Å²) in [6.07, 6.45) is 1.94. The number of benzene rings is 1. The molecule has 1 saturated heterocycles. The van der Waals surface area contributed by atoms with Crippen LogP contribution < -0.4 is 0 Å². The lowest BCUT2D eigenvalue weighted by Crippen LogP contribution is -2.33. The third-order valence-electron chi connectivity index (χ3n) is 4.86. The number of aryl methyl sites for hydroxylation is 1. The fraction of sp³-hybridized carbons (Fsp3) is 0.474. The largest absolute Gasteiger partial charge is 0.360 e. The summed E-state index contributed by atoms with van der Waals surface area (Å²) in [5.41, 5.74) is 1.18. The Kier molecular flexibility index (Phi) is 5.66. The van der Waals surface area contributed by atoms with Gasteiger partial charge in [0.15, 0.2) is 5.76 Å². The van der Waals surface area contributed by atoms with Gasteiger partial charge in [0.25, 0.3) is 0 Å². The second-order valence-corrected chi connectivity index (χ2v) is 6.88. The van der Waals surface area contributed by atoms with Gasteiger partial charge >= 0.3 is 0 Å². The van der Waals surface area contributed by atoms with Gasteiger partial charge in [-0.3, -0.25) is 9.69 Å². The number of halogens is 2. The van der Waals surface area contributed by atoms with Gasteiger partial charge in [0, 0.05) is 43.2 Å². The molecule has 0 radical (unpaired) electrons. The molecule has 0 aliphatic carbocycles. The van der Waals surface area contributed by atoms with Crippen LogP contribution in [0.2, 0.25) is 0 Å². The van der Waals surface area contributed by atoms with E-state index in [1.165, 1.54) is 12.1 Å². The molecule has 5 nitrogen and oxygen atoms in total. The number of hydrogen-bond acceptors (Lipinski definition) is 4. The highest BCUT2D eigenvalue weighted by Crippen LogP contribution is 2.21. The molecule has 0 bridgehead atoms. The van der Waals surface area contributed by atoms with Crippen LogP contribution in [0.4, 0.5) is 8.78 Å². The van der Waals surface area contributed by atoms with Crippen molar-refractivity contribution >= 4 is 5.91 Å². The predicted molar refractivity (Wildman–Crippen MR) is 92.1 cm³/mol. The Bertz CT molecular complexity index is 778. The van der Waals surface area contributed by atoms with Crippen molar-refractivity contribution in [3.8, 4) is 0 Å². The highest BCUT2D eigenvalue weighted by atomic mass is 19.1. The molecule has 3 rings (SSSR count). The molecule has 0 N–H and O–H groups in total. The number of nitrogens with zero attached hydrogens (tertiary/aromatic N) is 3. The fourth-order valence-electron chi connectivity index (χ4n) is 3.35. The second kappa shape index (κ2) is 7.95. The van der Waals surface area contributed by atoms with Crippen LogP contribution in [0.25, 0.3) is 0 Å². The summed E-state index contributed by atoms with van der Waals surface area (Å²) in [4.78, 5) is 16.2. The Balaban J connectivity index is 1.61. The summed E-state index contributed by atoms with van der Waals surface area (Å²) < 4.78 is 32.2. The molecule has 1 aromatic heterocycles. The summed E-state index contributed by atoms with van der Waals surface area (Å²) >= 11 is 0. The molecular weight excluding hydrogens is 340 g/mol. The highest BCUT2D eigenvalue weighted by molar-refractivity contribution is 5.76. The van der Waals surface area contributed by atoms with E-state index >= 15 is 0 Å². The average Bonchev–Trinajstić information content (AvgIpc) is 2.90. The third kappa shape index (κ3) is 4.46. The zero-order chi connectivity index (χ0) is 18.7. The summed E-state index contributed by atoms with van der Waals surface area (Å²) in [7, 11) is 2.00. The lowest BCUT2D eigenvalue weighted by atomic mass is 10.1. The Morgan fingerprint density at radius 3 is 2.81 bits per heavy atom. The molecule has 0 spiro atoms. The Hall–Kier alpha value is -2.28. The van der Waals surface area contributed by atoms with E-state index in [1.807, 2.05) is 20.0 Å². The maximum atomic E-state index is 13.9. The standard InChI is InChI=1S/C19H23F2N3O2/c1-13-9-17(26-22-13)12-23(2)16-5-6-19(25)24(8-7-16)11-14-3-4-15(20)10-18(14)21/h3-4,9-10,16H,5-8,11-12H2,1-2H3/t16-/m0/s1. The van der Waals surface area contributed by atoms with E-state index in [2.05, 4.69) is 10.1 Å². The van der Waals surface area contributed by atoms with Gasteiger partial charge in [-0.05, 0) is 32.9 Å². The number of carbonyl (C=O) groups excluding carboxylic acids is 1. The maximum Gasteiger partial charge on any atom is 0.222 e. The van der Waals surface area contributed by atoms with Crippen LogP contribution in [0.1, 0.15) is 36.3 Å². The minimum atomic E-state index is -0.614. The van der Waals surface area contributed by atoms with E-state index < -0.39 is 11.6 Å². The quantitative estimate of drug-likeness (QED) is 0.818. The van der Waals surface area contributed by atoms with Gasteiger partial charge in [0.1, 0.15) is 11.6 Å². The van der Waals surface area contributed by atoms with Crippen LogP contribution in [0.5, 0.6) is 0 Å². The van der Waals surface area contributed by atoms with Crippen molar-refractivity contribution in [1.82, 2.24) is 15.0 Å². The van der Waals surface area contributed by atoms with Crippen molar-refractivity contribution in [1.29, 1.82) is 0 Å². The maximum absolute atomic E-state index is 13.9. The molecule has 0 saturated carbocycles. The van der Waals surface area contributed by atoms with Crippen molar-refractivity contribution < 1.29 is 18.1 Å².